The maximum Gasteiger partial charge on any atom is 0.303 e. The third-order valence-corrected chi connectivity index (χ3v) is 8.16. The Morgan fingerprint density at radius 3 is 2.37 bits per heavy atom. The lowest BCUT2D eigenvalue weighted by Gasteiger charge is -2.38. The number of aliphatic carboxylic acids is 1. The van der Waals surface area contributed by atoms with Crippen molar-refractivity contribution in [3.8, 4) is 11.1 Å². The molecule has 240 valence electrons. The van der Waals surface area contributed by atoms with Gasteiger partial charge in [-0.05, 0) is 47.0 Å². The first-order valence-electron chi connectivity index (χ1n) is 15.6. The van der Waals surface area contributed by atoms with Crippen LogP contribution in [0.15, 0.2) is 97.2 Å². The number of amides is 1. The molecule has 0 saturated carbocycles. The number of aromatic nitrogens is 1. The maximum atomic E-state index is 12.1. The van der Waals surface area contributed by atoms with Gasteiger partial charge in [0.05, 0.1) is 25.2 Å². The highest BCUT2D eigenvalue weighted by Crippen LogP contribution is 2.38. The van der Waals surface area contributed by atoms with E-state index in [-0.39, 0.29) is 37.6 Å². The summed E-state index contributed by atoms with van der Waals surface area (Å²) in [5, 5.41) is 21.2. The molecule has 1 saturated heterocycles. The van der Waals surface area contributed by atoms with Crippen LogP contribution in [0.4, 0.5) is 0 Å². The summed E-state index contributed by atoms with van der Waals surface area (Å²) in [5.74, 6) is -1.29. The number of benzene rings is 3. The molecular formula is C37H41N3O6. The first-order valence-corrected chi connectivity index (χ1v) is 15.6. The van der Waals surface area contributed by atoms with Crippen molar-refractivity contribution in [3.63, 3.8) is 0 Å². The zero-order valence-corrected chi connectivity index (χ0v) is 26.0. The van der Waals surface area contributed by atoms with Crippen molar-refractivity contribution >= 4 is 11.9 Å². The van der Waals surface area contributed by atoms with Crippen LogP contribution in [0.1, 0.15) is 59.6 Å². The van der Waals surface area contributed by atoms with E-state index >= 15 is 0 Å². The molecule has 0 spiro atoms. The van der Waals surface area contributed by atoms with Crippen molar-refractivity contribution in [1.29, 1.82) is 0 Å². The number of hydrogen-bond donors (Lipinski definition) is 3. The van der Waals surface area contributed by atoms with Crippen LogP contribution in [0.3, 0.4) is 0 Å². The number of likely N-dealkylation sites (N-methyl/N-ethyl adjacent to an activating group) is 1. The van der Waals surface area contributed by atoms with Crippen molar-refractivity contribution in [1.82, 2.24) is 15.2 Å². The number of carboxylic acids is 1. The van der Waals surface area contributed by atoms with Crippen molar-refractivity contribution in [2.24, 2.45) is 0 Å². The van der Waals surface area contributed by atoms with Crippen molar-refractivity contribution in [3.05, 3.63) is 125 Å². The number of ether oxygens (including phenoxy) is 2. The van der Waals surface area contributed by atoms with Crippen LogP contribution >= 0.6 is 0 Å². The van der Waals surface area contributed by atoms with Gasteiger partial charge in [-0.2, -0.15) is 0 Å². The molecule has 1 amide bonds. The molecule has 3 aromatic carbocycles. The van der Waals surface area contributed by atoms with Crippen LogP contribution in [-0.2, 0) is 38.6 Å². The quantitative estimate of drug-likeness (QED) is 0.170. The van der Waals surface area contributed by atoms with Gasteiger partial charge < -0.3 is 29.9 Å². The molecule has 4 aromatic rings. The van der Waals surface area contributed by atoms with E-state index in [0.717, 1.165) is 58.6 Å². The molecule has 0 bridgehead atoms. The number of aliphatic hydroxyl groups excluding tert-OH is 1. The van der Waals surface area contributed by atoms with Gasteiger partial charge in [-0.25, -0.2) is 0 Å². The average molecular weight is 624 g/mol. The Bertz CT molecular complexity index is 1560. The molecule has 1 fully saturated rings. The number of nitrogens with one attached hydrogen (secondary N) is 1. The smallest absolute Gasteiger partial charge is 0.303 e. The summed E-state index contributed by atoms with van der Waals surface area (Å²) < 4.78 is 13.1. The van der Waals surface area contributed by atoms with Crippen LogP contribution in [0.25, 0.3) is 11.1 Å². The Hall–Kier alpha value is -4.41. The van der Waals surface area contributed by atoms with Crippen LogP contribution < -0.4 is 5.32 Å². The fourth-order valence-electron chi connectivity index (χ4n) is 5.60. The van der Waals surface area contributed by atoms with Gasteiger partial charge in [0.25, 0.3) is 0 Å². The Labute approximate surface area is 269 Å². The number of hydrogen-bond acceptors (Lipinski definition) is 7. The van der Waals surface area contributed by atoms with Gasteiger partial charge in [-0.15, -0.1) is 0 Å². The van der Waals surface area contributed by atoms with Crippen LogP contribution in [0.2, 0.25) is 0 Å². The molecule has 1 aromatic heterocycles. The largest absolute Gasteiger partial charge is 0.481 e. The van der Waals surface area contributed by atoms with E-state index in [1.54, 1.807) is 0 Å². The van der Waals surface area contributed by atoms with E-state index in [1.165, 1.54) is 0 Å². The summed E-state index contributed by atoms with van der Waals surface area (Å²) >= 11 is 0. The molecule has 1 aliphatic heterocycles. The van der Waals surface area contributed by atoms with E-state index in [4.69, 9.17) is 14.6 Å². The molecule has 0 aliphatic carbocycles. The topological polar surface area (TPSA) is 121 Å². The average Bonchev–Trinajstić information content (AvgIpc) is 3.09. The first-order chi connectivity index (χ1) is 22.4. The second-order valence-corrected chi connectivity index (χ2v) is 11.6. The number of pyridine rings is 1. The third-order valence-electron chi connectivity index (χ3n) is 8.16. The highest BCUT2D eigenvalue weighted by Gasteiger charge is 2.32. The molecular weight excluding hydrogens is 582 g/mol. The molecule has 46 heavy (non-hydrogen) atoms. The Morgan fingerprint density at radius 1 is 0.913 bits per heavy atom. The minimum Gasteiger partial charge on any atom is -0.481 e. The summed E-state index contributed by atoms with van der Waals surface area (Å²) in [6.07, 6.45) is 2.31. The summed E-state index contributed by atoms with van der Waals surface area (Å²) in [7, 11) is 2.10. The number of rotatable bonds is 14. The Kier molecular flexibility index (Phi) is 11.6. The molecule has 3 atom stereocenters. The van der Waals surface area contributed by atoms with Gasteiger partial charge in [-0.1, -0.05) is 78.9 Å². The standard InChI is InChI=1S/C37H41N3O6/c1-40(21-19-31-7-4-5-20-38-31)24-32-22-34(28-11-9-26(25-41)10-12-28)46-37(45-32)29-15-13-27(14-16-29)33-8-3-2-6-30(33)23-39-35(42)17-18-36(43)44/h2-16,20,32,34,37,41H,17-19,21-25H2,1H3,(H,39,42)(H,43,44)/t32-,34+,37+/m0/s1. The number of nitrogens with zero attached hydrogens (tertiary/aromatic N) is 2. The van der Waals surface area contributed by atoms with Crippen molar-refractivity contribution in [2.45, 2.75) is 57.3 Å². The lowest BCUT2D eigenvalue weighted by molar-refractivity contribution is -0.252. The minimum absolute atomic E-state index is 0.00615. The van der Waals surface area contributed by atoms with Gasteiger partial charge in [0.15, 0.2) is 6.29 Å². The molecule has 3 N–H and O–H groups in total. The highest BCUT2D eigenvalue weighted by atomic mass is 16.7. The molecule has 9 heteroatoms. The van der Waals surface area contributed by atoms with E-state index in [0.29, 0.717) is 13.0 Å². The molecule has 2 heterocycles. The molecule has 0 radical (unpaired) electrons. The summed E-state index contributed by atoms with van der Waals surface area (Å²) in [6, 6.07) is 29.8. The van der Waals surface area contributed by atoms with E-state index in [9.17, 15) is 14.7 Å². The third kappa shape index (κ3) is 9.31. The Balaban J connectivity index is 1.29. The predicted octanol–water partition coefficient (Wildman–Crippen LogP) is 5.44. The number of carbonyl (C=O) groups excluding carboxylic acids is 1. The van der Waals surface area contributed by atoms with Gasteiger partial charge >= 0.3 is 5.97 Å². The van der Waals surface area contributed by atoms with E-state index < -0.39 is 12.3 Å². The molecule has 5 rings (SSSR count). The van der Waals surface area contributed by atoms with Gasteiger partial charge in [-0.3, -0.25) is 14.6 Å². The minimum atomic E-state index is -0.994. The van der Waals surface area contributed by atoms with E-state index in [1.807, 2.05) is 97.2 Å². The first kappa shape index (κ1) is 33.0. The van der Waals surface area contributed by atoms with Gasteiger partial charge in [0, 0.05) is 56.4 Å². The number of carboxylic acid groups (broad SMARTS) is 1. The lowest BCUT2D eigenvalue weighted by atomic mass is 9.97. The Morgan fingerprint density at radius 2 is 1.65 bits per heavy atom. The summed E-state index contributed by atoms with van der Waals surface area (Å²) in [4.78, 5) is 29.6. The van der Waals surface area contributed by atoms with Gasteiger partial charge in [0.2, 0.25) is 5.91 Å². The normalized spacial score (nSPS) is 17.9. The molecule has 1 aliphatic rings. The number of aliphatic hydroxyl groups is 1. The van der Waals surface area contributed by atoms with Crippen LogP contribution in [-0.4, -0.2) is 58.2 Å². The van der Waals surface area contributed by atoms with Gasteiger partial charge in [0.1, 0.15) is 0 Å². The highest BCUT2D eigenvalue weighted by molar-refractivity contribution is 5.80. The monoisotopic (exact) mass is 623 g/mol. The van der Waals surface area contributed by atoms with Crippen molar-refractivity contribution < 1.29 is 29.3 Å². The predicted molar refractivity (Wildman–Crippen MR) is 174 cm³/mol. The maximum absolute atomic E-state index is 12.1. The number of carbonyl (C=O) groups is 2. The second-order valence-electron chi connectivity index (χ2n) is 11.6. The summed E-state index contributed by atoms with van der Waals surface area (Å²) in [5.41, 5.74) is 6.76. The van der Waals surface area contributed by atoms with E-state index in [2.05, 4.69) is 22.2 Å². The fraction of sp³-hybridized carbons (Fsp3) is 0.324. The fourth-order valence-corrected chi connectivity index (χ4v) is 5.60. The molecule has 9 nitrogen and oxygen atoms in total. The second kappa shape index (κ2) is 16.2. The zero-order valence-electron chi connectivity index (χ0n) is 26.0. The van der Waals surface area contributed by atoms with Crippen LogP contribution in [0, 0.1) is 0 Å². The summed E-state index contributed by atoms with van der Waals surface area (Å²) in [6.45, 7) is 1.89. The lowest BCUT2D eigenvalue weighted by Crippen LogP contribution is -2.38. The SMILES string of the molecule is CN(CCc1ccccn1)C[C@@H]1C[C@H](c2ccc(CO)cc2)O[C@H](c2ccc(-c3ccccc3CNC(=O)CCC(=O)O)cc2)O1. The molecule has 0 unspecified atom stereocenters. The zero-order chi connectivity index (χ0) is 32.3. The van der Waals surface area contributed by atoms with Crippen molar-refractivity contribution in [2.75, 3.05) is 20.1 Å². The van der Waals surface area contributed by atoms with Crippen LogP contribution in [0.5, 0.6) is 0 Å².